The van der Waals surface area contributed by atoms with Crippen LogP contribution in [0.1, 0.15) is 18.4 Å². The van der Waals surface area contributed by atoms with E-state index < -0.39 is 6.09 Å². The summed E-state index contributed by atoms with van der Waals surface area (Å²) in [7, 11) is 3.25. The SMILES string of the molecule is COCCNC(=O)OC1CCN(c2nccc3nc(NCc4ccccc4OC)ncc23)CC1. The Morgan fingerprint density at radius 1 is 1.15 bits per heavy atom. The molecule has 34 heavy (non-hydrogen) atoms. The van der Waals surface area contributed by atoms with Gasteiger partial charge in [0.25, 0.3) is 0 Å². The van der Waals surface area contributed by atoms with E-state index in [0.717, 1.165) is 54.0 Å². The monoisotopic (exact) mass is 466 g/mol. The number of carbonyl (C=O) groups excluding carboxylic acids is 1. The zero-order valence-corrected chi connectivity index (χ0v) is 19.5. The summed E-state index contributed by atoms with van der Waals surface area (Å²) in [6.45, 7) is 2.91. The molecule has 10 nitrogen and oxygen atoms in total. The third kappa shape index (κ3) is 5.82. The number of fused-ring (bicyclic) bond motifs is 1. The molecule has 3 aromatic rings. The van der Waals surface area contributed by atoms with Gasteiger partial charge in [-0.05, 0) is 12.1 Å². The molecule has 0 atom stereocenters. The molecule has 180 valence electrons. The number of hydrogen-bond acceptors (Lipinski definition) is 9. The molecule has 1 aromatic carbocycles. The summed E-state index contributed by atoms with van der Waals surface area (Å²) in [5.74, 6) is 2.21. The van der Waals surface area contributed by atoms with Gasteiger partial charge in [-0.2, -0.15) is 0 Å². The lowest BCUT2D eigenvalue weighted by Gasteiger charge is -2.32. The Morgan fingerprint density at radius 2 is 1.97 bits per heavy atom. The first-order valence-electron chi connectivity index (χ1n) is 11.3. The van der Waals surface area contributed by atoms with Crippen molar-refractivity contribution in [3.05, 3.63) is 48.3 Å². The second-order valence-electron chi connectivity index (χ2n) is 7.94. The van der Waals surface area contributed by atoms with Gasteiger partial charge in [-0.25, -0.2) is 19.7 Å². The van der Waals surface area contributed by atoms with Crippen LogP contribution in [0.3, 0.4) is 0 Å². The van der Waals surface area contributed by atoms with Gasteiger partial charge in [0, 0.05) is 64.1 Å². The van der Waals surface area contributed by atoms with Crippen LogP contribution in [0.25, 0.3) is 10.9 Å². The summed E-state index contributed by atoms with van der Waals surface area (Å²) in [5, 5.41) is 6.85. The van der Waals surface area contributed by atoms with Gasteiger partial charge in [-0.1, -0.05) is 18.2 Å². The lowest BCUT2D eigenvalue weighted by atomic mass is 10.1. The topological polar surface area (TPSA) is 111 Å². The van der Waals surface area contributed by atoms with Gasteiger partial charge in [0.1, 0.15) is 17.7 Å². The van der Waals surface area contributed by atoms with Crippen molar-refractivity contribution in [2.24, 2.45) is 0 Å². The number of rotatable bonds is 9. The fourth-order valence-electron chi connectivity index (χ4n) is 3.94. The molecule has 1 amide bonds. The van der Waals surface area contributed by atoms with Crippen LogP contribution < -0.4 is 20.3 Å². The number of ether oxygens (including phenoxy) is 3. The first-order valence-corrected chi connectivity index (χ1v) is 11.3. The number of amides is 1. The van der Waals surface area contributed by atoms with Crippen molar-refractivity contribution >= 4 is 28.8 Å². The van der Waals surface area contributed by atoms with Crippen molar-refractivity contribution in [3.8, 4) is 5.75 Å². The number of anilines is 2. The first kappa shape index (κ1) is 23.5. The predicted octanol–water partition coefficient (Wildman–Crippen LogP) is 2.99. The maximum Gasteiger partial charge on any atom is 0.407 e. The molecule has 1 aliphatic heterocycles. The Bertz CT molecular complexity index is 1100. The summed E-state index contributed by atoms with van der Waals surface area (Å²) in [6.07, 6.45) is 4.52. The number of para-hydroxylation sites is 1. The minimum absolute atomic E-state index is 0.115. The molecular formula is C24H30N6O4. The van der Waals surface area contributed by atoms with Crippen LogP contribution in [-0.4, -0.2) is 67.6 Å². The predicted molar refractivity (Wildman–Crippen MR) is 129 cm³/mol. The second-order valence-corrected chi connectivity index (χ2v) is 7.94. The number of methoxy groups -OCH3 is 2. The smallest absolute Gasteiger partial charge is 0.407 e. The molecule has 1 saturated heterocycles. The molecule has 2 N–H and O–H groups in total. The minimum Gasteiger partial charge on any atom is -0.496 e. The molecule has 1 fully saturated rings. The Balaban J connectivity index is 1.37. The Labute approximate surface area is 198 Å². The highest BCUT2D eigenvalue weighted by atomic mass is 16.6. The zero-order valence-electron chi connectivity index (χ0n) is 19.5. The van der Waals surface area contributed by atoms with Crippen molar-refractivity contribution in [3.63, 3.8) is 0 Å². The lowest BCUT2D eigenvalue weighted by Crippen LogP contribution is -2.40. The molecule has 0 bridgehead atoms. The number of piperidine rings is 1. The number of alkyl carbamates (subject to hydrolysis) is 1. The van der Waals surface area contributed by atoms with Crippen molar-refractivity contribution < 1.29 is 19.0 Å². The average Bonchev–Trinajstić information content (AvgIpc) is 2.87. The molecule has 10 heteroatoms. The quantitative estimate of drug-likeness (QED) is 0.460. The van der Waals surface area contributed by atoms with E-state index in [2.05, 4.69) is 30.5 Å². The molecule has 2 aromatic heterocycles. The summed E-state index contributed by atoms with van der Waals surface area (Å²) < 4.78 is 15.8. The molecule has 0 aliphatic carbocycles. The number of carbonyl (C=O) groups is 1. The largest absolute Gasteiger partial charge is 0.496 e. The van der Waals surface area contributed by atoms with Gasteiger partial charge in [-0.3, -0.25) is 0 Å². The molecule has 3 heterocycles. The first-order chi connectivity index (χ1) is 16.7. The Hall–Kier alpha value is -3.66. The summed E-state index contributed by atoms with van der Waals surface area (Å²) in [5.41, 5.74) is 1.85. The van der Waals surface area contributed by atoms with Crippen LogP contribution in [0.4, 0.5) is 16.6 Å². The number of benzene rings is 1. The summed E-state index contributed by atoms with van der Waals surface area (Å²) in [6, 6.07) is 9.73. The molecular weight excluding hydrogens is 436 g/mol. The molecule has 0 radical (unpaired) electrons. The maximum atomic E-state index is 11.9. The fourth-order valence-corrected chi connectivity index (χ4v) is 3.94. The van der Waals surface area contributed by atoms with E-state index in [4.69, 9.17) is 14.2 Å². The minimum atomic E-state index is -0.402. The fraction of sp³-hybridized carbons (Fsp3) is 0.417. The van der Waals surface area contributed by atoms with Crippen LogP contribution >= 0.6 is 0 Å². The van der Waals surface area contributed by atoms with Crippen LogP contribution in [0.5, 0.6) is 5.75 Å². The van der Waals surface area contributed by atoms with Crippen molar-refractivity contribution in [1.82, 2.24) is 20.3 Å². The van der Waals surface area contributed by atoms with Crippen molar-refractivity contribution in [2.75, 3.05) is 50.7 Å². The van der Waals surface area contributed by atoms with Gasteiger partial charge in [-0.15, -0.1) is 0 Å². The van der Waals surface area contributed by atoms with Gasteiger partial charge in [0.05, 0.1) is 24.6 Å². The Morgan fingerprint density at radius 3 is 2.76 bits per heavy atom. The van der Waals surface area contributed by atoms with E-state index in [-0.39, 0.29) is 6.10 Å². The van der Waals surface area contributed by atoms with E-state index in [9.17, 15) is 4.79 Å². The molecule has 0 spiro atoms. The normalized spacial score (nSPS) is 14.1. The number of nitrogens with zero attached hydrogens (tertiary/aromatic N) is 4. The third-order valence-electron chi connectivity index (χ3n) is 5.71. The average molecular weight is 467 g/mol. The van der Waals surface area contributed by atoms with Crippen LogP contribution in [0.15, 0.2) is 42.7 Å². The third-order valence-corrected chi connectivity index (χ3v) is 5.71. The van der Waals surface area contributed by atoms with Crippen LogP contribution in [0, 0.1) is 0 Å². The molecule has 4 rings (SSSR count). The molecule has 0 unspecified atom stereocenters. The van der Waals surface area contributed by atoms with Crippen LogP contribution in [-0.2, 0) is 16.0 Å². The number of pyridine rings is 1. The summed E-state index contributed by atoms with van der Waals surface area (Å²) >= 11 is 0. The highest BCUT2D eigenvalue weighted by Crippen LogP contribution is 2.27. The van der Waals surface area contributed by atoms with E-state index >= 15 is 0 Å². The van der Waals surface area contributed by atoms with E-state index in [1.807, 2.05) is 30.3 Å². The number of aromatic nitrogens is 3. The molecule has 1 aliphatic rings. The second kappa shape index (κ2) is 11.5. The van der Waals surface area contributed by atoms with E-state index in [1.165, 1.54) is 0 Å². The zero-order chi connectivity index (χ0) is 23.8. The highest BCUT2D eigenvalue weighted by molar-refractivity contribution is 5.89. The van der Waals surface area contributed by atoms with E-state index in [1.54, 1.807) is 26.6 Å². The number of hydrogen-bond donors (Lipinski definition) is 2. The summed E-state index contributed by atoms with van der Waals surface area (Å²) in [4.78, 5) is 27.8. The van der Waals surface area contributed by atoms with Gasteiger partial charge < -0.3 is 29.7 Å². The van der Waals surface area contributed by atoms with Gasteiger partial charge >= 0.3 is 6.09 Å². The highest BCUT2D eigenvalue weighted by Gasteiger charge is 2.24. The van der Waals surface area contributed by atoms with Crippen LogP contribution in [0.2, 0.25) is 0 Å². The van der Waals surface area contributed by atoms with Crippen molar-refractivity contribution in [1.29, 1.82) is 0 Å². The van der Waals surface area contributed by atoms with Gasteiger partial charge in [0.2, 0.25) is 5.95 Å². The van der Waals surface area contributed by atoms with E-state index in [0.29, 0.717) is 25.6 Å². The van der Waals surface area contributed by atoms with Gasteiger partial charge in [0.15, 0.2) is 0 Å². The van der Waals surface area contributed by atoms with Crippen molar-refractivity contribution in [2.45, 2.75) is 25.5 Å². The Kier molecular flexibility index (Phi) is 7.92. The standard InChI is InChI=1S/C24H30N6O4/c1-32-14-11-26-24(31)34-18-8-12-30(13-9-18)22-19-16-28-23(29-20(19)7-10-25-22)27-15-17-5-3-4-6-21(17)33-2/h3-7,10,16,18H,8-9,11-15H2,1-2H3,(H,26,31)(H,27,28,29). The number of nitrogens with one attached hydrogen (secondary N) is 2. The molecule has 0 saturated carbocycles. The maximum absolute atomic E-state index is 11.9. The lowest BCUT2D eigenvalue weighted by molar-refractivity contribution is 0.0809.